The third kappa shape index (κ3) is 2.29. The van der Waals surface area contributed by atoms with Crippen molar-refractivity contribution in [2.24, 2.45) is 5.73 Å². The van der Waals surface area contributed by atoms with Crippen molar-refractivity contribution in [3.8, 4) is 0 Å². The van der Waals surface area contributed by atoms with E-state index in [2.05, 4.69) is 0 Å². The molecular weight excluding hydrogens is 231 g/mol. The predicted molar refractivity (Wildman–Crippen MR) is 48.5 cm³/mol. The van der Waals surface area contributed by atoms with Crippen LogP contribution in [0.1, 0.15) is 11.3 Å². The summed E-state index contributed by atoms with van der Waals surface area (Å²) in [6.07, 6.45) is -5.95. The van der Waals surface area contributed by atoms with Crippen LogP contribution in [0.2, 0.25) is 0 Å². The van der Waals surface area contributed by atoms with Crippen LogP contribution in [0.15, 0.2) is 17.5 Å². The number of carbonyl (C=O) groups is 1. The predicted octanol–water partition coefficient (Wildman–Crippen LogP) is 1.94. The minimum Gasteiger partial charge on any atom is -0.481 e. The SMILES string of the molecule is NC(CC(=O)O)(c1cccs1)C(F)(F)F. The van der Waals surface area contributed by atoms with Gasteiger partial charge in [0.15, 0.2) is 5.54 Å². The lowest BCUT2D eigenvalue weighted by molar-refractivity contribution is -0.195. The van der Waals surface area contributed by atoms with Crippen LogP contribution >= 0.6 is 11.3 Å². The summed E-state index contributed by atoms with van der Waals surface area (Å²) in [5, 5.41) is 9.86. The van der Waals surface area contributed by atoms with Gasteiger partial charge in [0.25, 0.3) is 0 Å². The Hall–Kier alpha value is -1.08. The summed E-state index contributed by atoms with van der Waals surface area (Å²) in [5.41, 5.74) is 2.35. The van der Waals surface area contributed by atoms with Gasteiger partial charge >= 0.3 is 12.1 Å². The first-order valence-corrected chi connectivity index (χ1v) is 4.77. The molecule has 1 aromatic rings. The first-order valence-electron chi connectivity index (χ1n) is 3.89. The Bertz CT molecular complexity index is 349. The van der Waals surface area contributed by atoms with Crippen LogP contribution < -0.4 is 5.73 Å². The number of hydrogen-bond acceptors (Lipinski definition) is 3. The lowest BCUT2D eigenvalue weighted by atomic mass is 9.94. The fourth-order valence-electron chi connectivity index (χ4n) is 1.10. The average molecular weight is 239 g/mol. The minimum absolute atomic E-state index is 0.197. The van der Waals surface area contributed by atoms with E-state index in [9.17, 15) is 18.0 Å². The highest BCUT2D eigenvalue weighted by molar-refractivity contribution is 7.10. The molecule has 0 aliphatic heterocycles. The van der Waals surface area contributed by atoms with Gasteiger partial charge in [0.2, 0.25) is 0 Å². The van der Waals surface area contributed by atoms with E-state index in [-0.39, 0.29) is 4.88 Å². The Morgan fingerprint density at radius 1 is 1.53 bits per heavy atom. The first kappa shape index (κ1) is 12.0. The Labute approximate surface area is 87.3 Å². The van der Waals surface area contributed by atoms with Crippen molar-refractivity contribution in [2.45, 2.75) is 18.1 Å². The van der Waals surface area contributed by atoms with E-state index in [1.54, 1.807) is 0 Å². The number of halogens is 3. The molecule has 0 fully saturated rings. The second-order valence-electron chi connectivity index (χ2n) is 3.02. The van der Waals surface area contributed by atoms with Crippen molar-refractivity contribution >= 4 is 17.3 Å². The van der Waals surface area contributed by atoms with Crippen LogP contribution in [-0.4, -0.2) is 17.3 Å². The molecule has 0 bridgehead atoms. The zero-order valence-electron chi connectivity index (χ0n) is 7.41. The van der Waals surface area contributed by atoms with Crippen LogP contribution in [0.5, 0.6) is 0 Å². The van der Waals surface area contributed by atoms with E-state index in [1.807, 2.05) is 0 Å². The smallest absolute Gasteiger partial charge is 0.411 e. The van der Waals surface area contributed by atoms with E-state index in [1.165, 1.54) is 17.5 Å². The molecule has 1 unspecified atom stereocenters. The third-order valence-corrected chi connectivity index (χ3v) is 2.94. The molecule has 3 nitrogen and oxygen atoms in total. The third-order valence-electron chi connectivity index (χ3n) is 1.90. The van der Waals surface area contributed by atoms with Gasteiger partial charge in [0.05, 0.1) is 6.42 Å². The number of hydrogen-bond donors (Lipinski definition) is 2. The standard InChI is InChI=1S/C8H8F3NO2S/c9-8(10,11)7(12,4-6(13)14)5-2-1-3-15-5/h1-3H,4,12H2,(H,13,14). The van der Waals surface area contributed by atoms with Gasteiger partial charge in [-0.3, -0.25) is 4.79 Å². The van der Waals surface area contributed by atoms with Crippen molar-refractivity contribution in [3.05, 3.63) is 22.4 Å². The van der Waals surface area contributed by atoms with Crippen LogP contribution in [0.25, 0.3) is 0 Å². The Balaban J connectivity index is 3.13. The Kier molecular flexibility index (Phi) is 3.05. The fourth-order valence-corrected chi connectivity index (χ4v) is 1.96. The van der Waals surface area contributed by atoms with Crippen molar-refractivity contribution in [1.82, 2.24) is 0 Å². The van der Waals surface area contributed by atoms with Crippen LogP contribution in [0, 0.1) is 0 Å². The second kappa shape index (κ2) is 3.82. The number of carboxylic acid groups (broad SMARTS) is 1. The molecule has 84 valence electrons. The summed E-state index contributed by atoms with van der Waals surface area (Å²) in [5.74, 6) is -1.58. The maximum atomic E-state index is 12.6. The number of thiophene rings is 1. The van der Waals surface area contributed by atoms with Gasteiger partial charge in [-0.2, -0.15) is 13.2 Å². The molecule has 0 radical (unpaired) electrons. The molecule has 1 heterocycles. The molecule has 0 saturated carbocycles. The second-order valence-corrected chi connectivity index (χ2v) is 3.96. The molecule has 1 aromatic heterocycles. The first-order chi connectivity index (χ1) is 6.77. The highest BCUT2D eigenvalue weighted by Gasteiger charge is 2.55. The molecule has 0 amide bonds. The highest BCUT2D eigenvalue weighted by atomic mass is 32.1. The molecule has 1 atom stereocenters. The van der Waals surface area contributed by atoms with Gasteiger partial charge in [-0.25, -0.2) is 0 Å². The fraction of sp³-hybridized carbons (Fsp3) is 0.375. The summed E-state index contributed by atoms with van der Waals surface area (Å²) >= 11 is 0.790. The largest absolute Gasteiger partial charge is 0.481 e. The lowest BCUT2D eigenvalue weighted by Crippen LogP contribution is -2.51. The number of alkyl halides is 3. The summed E-state index contributed by atoms with van der Waals surface area (Å²) in [6, 6.07) is 2.58. The van der Waals surface area contributed by atoms with Crippen LogP contribution in [-0.2, 0) is 10.3 Å². The normalized spacial score (nSPS) is 16.0. The van der Waals surface area contributed by atoms with Crippen molar-refractivity contribution in [1.29, 1.82) is 0 Å². The monoisotopic (exact) mass is 239 g/mol. The van der Waals surface area contributed by atoms with Crippen LogP contribution in [0.4, 0.5) is 13.2 Å². The lowest BCUT2D eigenvalue weighted by Gasteiger charge is -2.29. The highest BCUT2D eigenvalue weighted by Crippen LogP contribution is 2.41. The molecule has 0 aliphatic carbocycles. The molecule has 0 spiro atoms. The zero-order chi connectivity index (χ0) is 11.7. The van der Waals surface area contributed by atoms with Gasteiger partial charge in [0.1, 0.15) is 0 Å². The molecular formula is C8H8F3NO2S. The molecule has 0 aromatic carbocycles. The topological polar surface area (TPSA) is 63.3 Å². The van der Waals surface area contributed by atoms with Crippen molar-refractivity contribution in [2.75, 3.05) is 0 Å². The van der Waals surface area contributed by atoms with Gasteiger partial charge in [-0.1, -0.05) is 6.07 Å². The number of aliphatic carboxylic acids is 1. The Morgan fingerprint density at radius 3 is 2.47 bits per heavy atom. The van der Waals surface area contributed by atoms with E-state index < -0.39 is 24.1 Å². The van der Waals surface area contributed by atoms with E-state index in [4.69, 9.17) is 10.8 Å². The number of nitrogens with two attached hydrogens (primary N) is 1. The van der Waals surface area contributed by atoms with E-state index in [0.717, 1.165) is 11.3 Å². The molecule has 0 aliphatic rings. The van der Waals surface area contributed by atoms with Gasteiger partial charge in [-0.05, 0) is 11.4 Å². The Morgan fingerprint density at radius 2 is 2.13 bits per heavy atom. The van der Waals surface area contributed by atoms with Crippen LogP contribution in [0.3, 0.4) is 0 Å². The summed E-state index contributed by atoms with van der Waals surface area (Å²) in [6.45, 7) is 0. The molecule has 15 heavy (non-hydrogen) atoms. The summed E-state index contributed by atoms with van der Waals surface area (Å²) < 4.78 is 37.9. The minimum atomic E-state index is -4.78. The maximum absolute atomic E-state index is 12.6. The summed E-state index contributed by atoms with van der Waals surface area (Å²) in [7, 11) is 0. The quantitative estimate of drug-likeness (QED) is 0.847. The van der Waals surface area contributed by atoms with Crippen molar-refractivity contribution < 1.29 is 23.1 Å². The van der Waals surface area contributed by atoms with E-state index >= 15 is 0 Å². The van der Waals surface area contributed by atoms with Gasteiger partial charge in [-0.15, -0.1) is 11.3 Å². The number of rotatable bonds is 3. The molecule has 0 saturated heterocycles. The van der Waals surface area contributed by atoms with Gasteiger partial charge in [0, 0.05) is 4.88 Å². The summed E-state index contributed by atoms with van der Waals surface area (Å²) in [4.78, 5) is 10.2. The van der Waals surface area contributed by atoms with E-state index in [0.29, 0.717) is 0 Å². The molecule has 7 heteroatoms. The van der Waals surface area contributed by atoms with Crippen molar-refractivity contribution in [3.63, 3.8) is 0 Å². The maximum Gasteiger partial charge on any atom is 0.411 e. The molecule has 1 rings (SSSR count). The average Bonchev–Trinajstić information content (AvgIpc) is 2.51. The number of carboxylic acids is 1. The zero-order valence-corrected chi connectivity index (χ0v) is 8.23. The molecule has 3 N–H and O–H groups in total. The van der Waals surface area contributed by atoms with Gasteiger partial charge < -0.3 is 10.8 Å².